The minimum absolute atomic E-state index is 0.0272. The van der Waals surface area contributed by atoms with Crippen molar-refractivity contribution in [3.63, 3.8) is 0 Å². The van der Waals surface area contributed by atoms with Crippen LogP contribution in [0.5, 0.6) is 0 Å². The van der Waals surface area contributed by atoms with Crippen LogP contribution < -0.4 is 11.1 Å². The van der Waals surface area contributed by atoms with Crippen molar-refractivity contribution in [1.82, 2.24) is 19.9 Å². The van der Waals surface area contributed by atoms with Gasteiger partial charge in [0.2, 0.25) is 5.92 Å². The number of ether oxygens (including phenoxy) is 1. The lowest BCUT2D eigenvalue weighted by Gasteiger charge is -2.28. The number of rotatable bonds is 5. The highest BCUT2D eigenvalue weighted by Crippen LogP contribution is 2.33. The van der Waals surface area contributed by atoms with Gasteiger partial charge in [0.25, 0.3) is 11.8 Å². The van der Waals surface area contributed by atoms with E-state index in [1.54, 1.807) is 6.92 Å². The van der Waals surface area contributed by atoms with Gasteiger partial charge in [0.1, 0.15) is 17.0 Å². The third-order valence-electron chi connectivity index (χ3n) is 4.60. The van der Waals surface area contributed by atoms with Gasteiger partial charge < -0.3 is 15.8 Å². The van der Waals surface area contributed by atoms with E-state index >= 15 is 0 Å². The normalized spacial score (nSPS) is 17.2. The van der Waals surface area contributed by atoms with Gasteiger partial charge in [0.15, 0.2) is 5.65 Å². The Labute approximate surface area is 154 Å². The van der Waals surface area contributed by atoms with Gasteiger partial charge in [-0.15, -0.1) is 0 Å². The number of nitrogens with one attached hydrogen (secondary N) is 1. The molecule has 1 aliphatic rings. The summed E-state index contributed by atoms with van der Waals surface area (Å²) in [6, 6.07) is 1.18. The number of alkyl halides is 2. The fraction of sp³-hybridized carbons (Fsp3) is 0.529. The highest BCUT2D eigenvalue weighted by Gasteiger charge is 2.35. The van der Waals surface area contributed by atoms with Gasteiger partial charge in [-0.2, -0.15) is 5.10 Å². The van der Waals surface area contributed by atoms with E-state index in [1.807, 2.05) is 0 Å². The van der Waals surface area contributed by atoms with Crippen LogP contribution >= 0.6 is 0 Å². The van der Waals surface area contributed by atoms with Crippen molar-refractivity contribution in [2.75, 3.05) is 7.11 Å². The first-order valence-electron chi connectivity index (χ1n) is 8.58. The number of primary amides is 1. The molecule has 2 aromatic heterocycles. The Morgan fingerprint density at radius 2 is 2.07 bits per heavy atom. The smallest absolute Gasteiger partial charge is 0.270 e. The minimum Gasteiger partial charge on any atom is -0.378 e. The third kappa shape index (κ3) is 3.90. The molecule has 0 unspecified atom stereocenters. The number of nitrogens with zero attached hydrogens (tertiary/aromatic N) is 3. The molecule has 0 aliphatic heterocycles. The van der Waals surface area contributed by atoms with E-state index in [9.17, 15) is 18.4 Å². The summed E-state index contributed by atoms with van der Waals surface area (Å²) in [6.07, 6.45) is -0.109. The number of aromatic nitrogens is 3. The summed E-state index contributed by atoms with van der Waals surface area (Å²) < 4.78 is 32.9. The summed E-state index contributed by atoms with van der Waals surface area (Å²) in [5.74, 6) is -3.87. The lowest BCUT2D eigenvalue weighted by molar-refractivity contribution is -0.0399. The molecule has 0 aromatic carbocycles. The van der Waals surface area contributed by atoms with Crippen molar-refractivity contribution in [3.05, 3.63) is 28.7 Å². The molecule has 0 atom stereocenters. The Morgan fingerprint density at radius 1 is 1.41 bits per heavy atom. The van der Waals surface area contributed by atoms with E-state index in [0.717, 1.165) is 0 Å². The number of amides is 2. The van der Waals surface area contributed by atoms with Crippen LogP contribution in [0.15, 0.2) is 6.07 Å². The molecule has 27 heavy (non-hydrogen) atoms. The van der Waals surface area contributed by atoms with Crippen LogP contribution in [0.25, 0.3) is 5.65 Å². The summed E-state index contributed by atoms with van der Waals surface area (Å²) in [6.45, 7) is 1.70. The molecule has 1 fully saturated rings. The van der Waals surface area contributed by atoms with E-state index < -0.39 is 17.7 Å². The zero-order valence-electron chi connectivity index (χ0n) is 15.1. The largest absolute Gasteiger partial charge is 0.378 e. The van der Waals surface area contributed by atoms with Crippen molar-refractivity contribution in [2.24, 2.45) is 5.73 Å². The molecule has 8 nitrogen and oxygen atoms in total. The molecule has 1 saturated carbocycles. The summed E-state index contributed by atoms with van der Waals surface area (Å²) in [4.78, 5) is 28.9. The molecule has 146 valence electrons. The van der Waals surface area contributed by atoms with Crippen molar-refractivity contribution in [1.29, 1.82) is 0 Å². The predicted octanol–water partition coefficient (Wildman–Crippen LogP) is 1.59. The van der Waals surface area contributed by atoms with Gasteiger partial charge in [-0.3, -0.25) is 9.59 Å². The number of hydrogen-bond donors (Lipinski definition) is 2. The topological polar surface area (TPSA) is 112 Å². The van der Waals surface area contributed by atoms with Crippen molar-refractivity contribution in [2.45, 2.75) is 51.2 Å². The number of hydrogen-bond acceptors (Lipinski definition) is 5. The lowest BCUT2D eigenvalue weighted by Crippen LogP contribution is -2.41. The van der Waals surface area contributed by atoms with Crippen LogP contribution in [0.1, 0.15) is 57.9 Å². The summed E-state index contributed by atoms with van der Waals surface area (Å²) in [5.41, 5.74) is 6.62. The number of carbonyl (C=O) groups excluding carboxylic acids is 2. The molecule has 0 saturated heterocycles. The van der Waals surface area contributed by atoms with Gasteiger partial charge >= 0.3 is 0 Å². The lowest BCUT2D eigenvalue weighted by atomic mass is 9.92. The van der Waals surface area contributed by atoms with Crippen LogP contribution in [0, 0.1) is 6.92 Å². The van der Waals surface area contributed by atoms with Gasteiger partial charge in [-0.1, -0.05) is 0 Å². The molecule has 2 heterocycles. The summed E-state index contributed by atoms with van der Waals surface area (Å²) >= 11 is 0. The average molecular weight is 381 g/mol. The molecule has 1 aliphatic carbocycles. The summed E-state index contributed by atoms with van der Waals surface area (Å²) in [7, 11) is 1.44. The molecule has 2 aromatic rings. The molecule has 0 spiro atoms. The number of halogens is 2. The molecule has 3 rings (SSSR count). The van der Waals surface area contributed by atoms with E-state index in [4.69, 9.17) is 10.5 Å². The molecular formula is C17H21F2N5O3. The maximum absolute atomic E-state index is 13.3. The van der Waals surface area contributed by atoms with Crippen molar-refractivity contribution in [3.8, 4) is 0 Å². The second-order valence-electron chi connectivity index (χ2n) is 6.74. The Kier molecular flexibility index (Phi) is 5.09. The monoisotopic (exact) mass is 381 g/mol. The fourth-order valence-corrected chi connectivity index (χ4v) is 3.28. The van der Waals surface area contributed by atoms with Crippen LogP contribution in [0.2, 0.25) is 0 Å². The Hall–Kier alpha value is -2.62. The maximum Gasteiger partial charge on any atom is 0.270 e. The van der Waals surface area contributed by atoms with Gasteiger partial charge in [0, 0.05) is 31.7 Å². The Bertz CT molecular complexity index is 886. The van der Waals surface area contributed by atoms with Crippen LogP contribution in [-0.4, -0.2) is 45.5 Å². The quantitative estimate of drug-likeness (QED) is 0.817. The molecule has 0 bridgehead atoms. The Morgan fingerprint density at radius 3 is 2.67 bits per heavy atom. The highest BCUT2D eigenvalue weighted by molar-refractivity contribution is 6.01. The Balaban J connectivity index is 1.95. The van der Waals surface area contributed by atoms with Crippen molar-refractivity contribution < 1.29 is 23.1 Å². The zero-order valence-corrected chi connectivity index (χ0v) is 15.1. The molecule has 3 N–H and O–H groups in total. The number of carbonyl (C=O) groups is 2. The van der Waals surface area contributed by atoms with Gasteiger partial charge in [0.05, 0.1) is 6.61 Å². The number of nitrogens with two attached hydrogens (primary N) is 1. The second-order valence-corrected chi connectivity index (χ2v) is 6.74. The number of fused-ring (bicyclic) bond motifs is 1. The molecule has 2 amide bonds. The minimum atomic E-state index is -2.67. The predicted molar refractivity (Wildman–Crippen MR) is 91.6 cm³/mol. The highest BCUT2D eigenvalue weighted by atomic mass is 19.3. The molecule has 10 heteroatoms. The first-order valence-corrected chi connectivity index (χ1v) is 8.58. The van der Waals surface area contributed by atoms with Gasteiger partial charge in [-0.25, -0.2) is 18.3 Å². The van der Waals surface area contributed by atoms with Crippen LogP contribution in [0.4, 0.5) is 8.78 Å². The third-order valence-corrected chi connectivity index (χ3v) is 4.60. The van der Waals surface area contributed by atoms with E-state index in [2.05, 4.69) is 15.4 Å². The van der Waals surface area contributed by atoms with E-state index in [-0.39, 0.29) is 60.9 Å². The molecular weight excluding hydrogens is 360 g/mol. The first kappa shape index (κ1) is 19.2. The maximum atomic E-state index is 13.3. The first-order chi connectivity index (χ1) is 12.7. The fourth-order valence-electron chi connectivity index (χ4n) is 3.28. The zero-order chi connectivity index (χ0) is 19.8. The van der Waals surface area contributed by atoms with Gasteiger partial charge in [-0.05, 0) is 25.8 Å². The number of methoxy groups -OCH3 is 1. The van der Waals surface area contributed by atoms with E-state index in [0.29, 0.717) is 5.69 Å². The standard InChI is InChI=1S/C17H21F2N5O3/c1-9-7-12(16(26)22-10-3-5-17(18,19)6-4-10)24-15(21-9)13(14(20)25)11(23-24)8-27-2/h7,10H,3-6,8H2,1-2H3,(H2,20,25)(H,22,26). The van der Waals surface area contributed by atoms with Crippen molar-refractivity contribution >= 4 is 17.5 Å². The van der Waals surface area contributed by atoms with Crippen LogP contribution in [0.3, 0.4) is 0 Å². The second kappa shape index (κ2) is 7.18. The molecule has 0 radical (unpaired) electrons. The average Bonchev–Trinajstić information content (AvgIpc) is 2.94. The SMILES string of the molecule is COCc1nn2c(C(=O)NC3CCC(F)(F)CC3)cc(C)nc2c1C(N)=O. The van der Waals surface area contributed by atoms with E-state index in [1.165, 1.54) is 17.7 Å². The summed E-state index contributed by atoms with van der Waals surface area (Å²) in [5, 5.41) is 7.02. The number of aryl methyl sites for hydroxylation is 1. The van der Waals surface area contributed by atoms with Crippen LogP contribution in [-0.2, 0) is 11.3 Å².